The van der Waals surface area contributed by atoms with Crippen molar-refractivity contribution in [3.8, 4) is 0 Å². The Morgan fingerprint density at radius 2 is 2.40 bits per heavy atom. The van der Waals surface area contributed by atoms with Gasteiger partial charge in [-0.2, -0.15) is 0 Å². The van der Waals surface area contributed by atoms with E-state index in [2.05, 4.69) is 5.32 Å². The molecule has 0 saturated carbocycles. The molecule has 1 heterocycles. The fourth-order valence-electron chi connectivity index (χ4n) is 0.918. The highest BCUT2D eigenvalue weighted by Crippen LogP contribution is 2.03. The van der Waals surface area contributed by atoms with Crippen molar-refractivity contribution < 1.29 is 9.59 Å². The van der Waals surface area contributed by atoms with E-state index in [0.29, 0.717) is 13.0 Å². The van der Waals surface area contributed by atoms with E-state index in [1.165, 1.54) is 0 Å². The fourth-order valence-corrected chi connectivity index (χ4v) is 0.918. The van der Waals surface area contributed by atoms with Gasteiger partial charge in [0.1, 0.15) is 11.8 Å². The lowest BCUT2D eigenvalue weighted by Gasteiger charge is -2.16. The van der Waals surface area contributed by atoms with Crippen molar-refractivity contribution in [1.82, 2.24) is 5.32 Å². The second-order valence-corrected chi connectivity index (χ2v) is 2.32. The molecule has 0 bridgehead atoms. The van der Waals surface area contributed by atoms with Crippen LogP contribution in [0.4, 0.5) is 0 Å². The quantitative estimate of drug-likeness (QED) is 0.498. The van der Waals surface area contributed by atoms with Gasteiger partial charge in [-0.1, -0.05) is 0 Å². The summed E-state index contributed by atoms with van der Waals surface area (Å²) in [5.41, 5.74) is 4.94. The van der Waals surface area contributed by atoms with Gasteiger partial charge in [0.25, 0.3) is 0 Å². The number of hydrogen-bond donors (Lipinski definition) is 1. The first-order valence-electron chi connectivity index (χ1n) is 3.18. The summed E-state index contributed by atoms with van der Waals surface area (Å²) < 4.78 is 0. The number of carbonyl (C=O) groups excluding carboxylic acids is 2. The summed E-state index contributed by atoms with van der Waals surface area (Å²) in [6, 6.07) is -0.554. The van der Waals surface area contributed by atoms with Crippen LogP contribution in [0.2, 0.25) is 0 Å². The average molecular weight is 141 g/mol. The number of rotatable bonds is 1. The maximum Gasteiger partial charge on any atom is 0.236 e. The van der Waals surface area contributed by atoms with Gasteiger partial charge < -0.3 is 5.73 Å². The minimum atomic E-state index is -0.554. The van der Waals surface area contributed by atoms with Crippen LogP contribution in [0, 0.1) is 0 Å². The van der Waals surface area contributed by atoms with Crippen LogP contribution >= 0.6 is 0 Å². The van der Waals surface area contributed by atoms with E-state index in [1.807, 2.05) is 0 Å². The molecule has 1 atom stereocenters. The first-order chi connectivity index (χ1) is 4.70. The Labute approximate surface area is 58.8 Å². The summed E-state index contributed by atoms with van der Waals surface area (Å²) in [5.74, 6) is -0.410. The first-order valence-corrected chi connectivity index (χ1v) is 3.18. The monoisotopic (exact) mass is 141 g/mol. The third kappa shape index (κ3) is 1.54. The molecule has 1 radical (unpaired) electrons. The van der Waals surface area contributed by atoms with Crippen molar-refractivity contribution in [3.63, 3.8) is 0 Å². The number of amides is 1. The van der Waals surface area contributed by atoms with Crippen molar-refractivity contribution >= 4 is 11.7 Å². The summed E-state index contributed by atoms with van der Waals surface area (Å²) >= 11 is 0. The fraction of sp³-hybridized carbons (Fsp3) is 0.667. The van der Waals surface area contributed by atoms with Crippen LogP contribution in [-0.2, 0) is 9.59 Å². The predicted octanol–water partition coefficient (Wildman–Crippen LogP) is -1.19. The predicted molar refractivity (Wildman–Crippen MR) is 34.2 cm³/mol. The van der Waals surface area contributed by atoms with Crippen LogP contribution in [0.25, 0.3) is 0 Å². The van der Waals surface area contributed by atoms with Crippen LogP contribution in [-0.4, -0.2) is 24.3 Å². The van der Waals surface area contributed by atoms with Crippen LogP contribution in [0.15, 0.2) is 0 Å². The van der Waals surface area contributed by atoms with E-state index in [9.17, 15) is 9.59 Å². The topological polar surface area (TPSA) is 74.3 Å². The minimum Gasteiger partial charge on any atom is -0.368 e. The molecule has 1 unspecified atom stereocenters. The second-order valence-electron chi connectivity index (χ2n) is 2.32. The normalized spacial score (nSPS) is 26.4. The molecule has 1 fully saturated rings. The molecule has 1 saturated heterocycles. The van der Waals surface area contributed by atoms with Gasteiger partial charge in [0.15, 0.2) is 0 Å². The number of Topliss-reactive ketones (excluding diaryl/α,β-unsaturated/α-hetero) is 1. The highest BCUT2D eigenvalue weighted by molar-refractivity contribution is 5.89. The third-order valence-electron chi connectivity index (χ3n) is 1.49. The molecule has 0 spiro atoms. The molecular formula is C6H9N2O2. The zero-order chi connectivity index (χ0) is 7.56. The van der Waals surface area contributed by atoms with Gasteiger partial charge in [-0.05, 0) is 0 Å². The molecular weight excluding hydrogens is 132 g/mol. The van der Waals surface area contributed by atoms with Crippen molar-refractivity contribution in [2.24, 2.45) is 5.73 Å². The Balaban J connectivity index is 2.47. The molecule has 4 heteroatoms. The van der Waals surface area contributed by atoms with E-state index in [-0.39, 0.29) is 12.2 Å². The lowest BCUT2D eigenvalue weighted by molar-refractivity contribution is -0.127. The molecule has 2 N–H and O–H groups in total. The van der Waals surface area contributed by atoms with Crippen molar-refractivity contribution in [2.45, 2.75) is 18.9 Å². The minimum absolute atomic E-state index is 0.0822. The third-order valence-corrected chi connectivity index (χ3v) is 1.49. The van der Waals surface area contributed by atoms with Gasteiger partial charge in [-0.3, -0.25) is 9.59 Å². The highest BCUT2D eigenvalue weighted by atomic mass is 16.1. The molecule has 55 valence electrons. The summed E-state index contributed by atoms with van der Waals surface area (Å²) in [6.45, 7) is 0.451. The Morgan fingerprint density at radius 3 is 2.80 bits per heavy atom. The van der Waals surface area contributed by atoms with Gasteiger partial charge in [-0.25, -0.2) is 5.32 Å². The number of carbonyl (C=O) groups is 2. The van der Waals surface area contributed by atoms with E-state index < -0.39 is 11.9 Å². The molecule has 0 aromatic rings. The molecule has 1 aliphatic rings. The second kappa shape index (κ2) is 2.79. The largest absolute Gasteiger partial charge is 0.368 e. The molecule has 1 amide bonds. The van der Waals surface area contributed by atoms with Crippen molar-refractivity contribution in [2.75, 3.05) is 6.54 Å². The van der Waals surface area contributed by atoms with E-state index in [1.54, 1.807) is 0 Å². The van der Waals surface area contributed by atoms with Crippen LogP contribution < -0.4 is 11.1 Å². The summed E-state index contributed by atoms with van der Waals surface area (Å²) in [6.07, 6.45) is 0.666. The molecule has 1 aliphatic heterocycles. The molecule has 10 heavy (non-hydrogen) atoms. The molecule has 0 aliphatic carbocycles. The van der Waals surface area contributed by atoms with E-state index >= 15 is 0 Å². The van der Waals surface area contributed by atoms with Gasteiger partial charge in [-0.15, -0.1) is 0 Å². The van der Waals surface area contributed by atoms with Crippen molar-refractivity contribution in [3.05, 3.63) is 0 Å². The number of hydrogen-bond acceptors (Lipinski definition) is 2. The molecule has 1 rings (SSSR count). The van der Waals surface area contributed by atoms with Crippen LogP contribution in [0.3, 0.4) is 0 Å². The van der Waals surface area contributed by atoms with E-state index in [0.717, 1.165) is 0 Å². The highest BCUT2D eigenvalue weighted by Gasteiger charge is 2.23. The van der Waals surface area contributed by atoms with E-state index in [4.69, 9.17) is 5.73 Å². The Hall–Kier alpha value is -0.900. The SMILES string of the molecule is NC(=O)C1CC(=O)CC[N]1. The lowest BCUT2D eigenvalue weighted by Crippen LogP contribution is -2.42. The van der Waals surface area contributed by atoms with Crippen molar-refractivity contribution in [1.29, 1.82) is 0 Å². The maximum absolute atomic E-state index is 10.7. The lowest BCUT2D eigenvalue weighted by atomic mass is 10.0. The average Bonchev–Trinajstić information content (AvgIpc) is 1.88. The molecule has 4 nitrogen and oxygen atoms in total. The number of primary amides is 1. The number of nitrogens with two attached hydrogens (primary N) is 1. The zero-order valence-electron chi connectivity index (χ0n) is 5.54. The Bertz CT molecular complexity index is 165. The van der Waals surface area contributed by atoms with Gasteiger partial charge in [0.05, 0.1) is 0 Å². The molecule has 0 aromatic heterocycles. The van der Waals surface area contributed by atoms with Gasteiger partial charge in [0.2, 0.25) is 5.91 Å². The van der Waals surface area contributed by atoms with Gasteiger partial charge >= 0.3 is 0 Å². The Morgan fingerprint density at radius 1 is 1.70 bits per heavy atom. The maximum atomic E-state index is 10.7. The standard InChI is InChI=1S/C6H9N2O2/c7-6(10)5-3-4(9)1-2-8-5/h5H,1-3H2,(H2,7,10). The summed E-state index contributed by atoms with van der Waals surface area (Å²) in [4.78, 5) is 21.2. The zero-order valence-corrected chi connectivity index (χ0v) is 5.54. The summed E-state index contributed by atoms with van der Waals surface area (Å²) in [7, 11) is 0. The van der Waals surface area contributed by atoms with Crippen LogP contribution in [0.5, 0.6) is 0 Å². The number of ketones is 1. The van der Waals surface area contributed by atoms with Gasteiger partial charge in [0, 0.05) is 19.4 Å². The number of nitrogens with zero attached hydrogens (tertiary/aromatic N) is 1. The Kier molecular flexibility index (Phi) is 2.01. The first kappa shape index (κ1) is 7.21. The summed E-state index contributed by atoms with van der Waals surface area (Å²) in [5, 5.41) is 3.88. The number of piperidine rings is 1. The molecule has 0 aromatic carbocycles. The van der Waals surface area contributed by atoms with Crippen LogP contribution in [0.1, 0.15) is 12.8 Å². The smallest absolute Gasteiger partial charge is 0.236 e.